The lowest BCUT2D eigenvalue weighted by atomic mass is 9.97. The Bertz CT molecular complexity index is 822. The number of aromatic nitrogens is 1. The molecule has 4 rings (SSSR count). The minimum atomic E-state index is -0.230. The molecular formula is C22H30FN4OS+. The number of thiazole rings is 1. The lowest BCUT2D eigenvalue weighted by Gasteiger charge is -2.40. The Hall–Kier alpha value is -1.99. The van der Waals surface area contributed by atoms with Gasteiger partial charge in [-0.3, -0.25) is 4.79 Å². The fourth-order valence-corrected chi connectivity index (χ4v) is 5.46. The summed E-state index contributed by atoms with van der Waals surface area (Å²) in [5.41, 5.74) is 1.83. The number of halogens is 1. The number of piperidine rings is 1. The predicted octanol–water partition coefficient (Wildman–Crippen LogP) is 2.44. The van der Waals surface area contributed by atoms with Crippen molar-refractivity contribution in [3.8, 4) is 11.3 Å². The van der Waals surface area contributed by atoms with Crippen molar-refractivity contribution < 1.29 is 14.1 Å². The Labute approximate surface area is 176 Å². The van der Waals surface area contributed by atoms with Gasteiger partial charge in [0.05, 0.1) is 31.9 Å². The molecule has 5 nitrogen and oxygen atoms in total. The summed E-state index contributed by atoms with van der Waals surface area (Å²) in [6, 6.07) is 7.21. The molecule has 2 aliphatic rings. The maximum Gasteiger partial charge on any atom is 0.278 e. The third kappa shape index (κ3) is 4.61. The summed E-state index contributed by atoms with van der Waals surface area (Å²) >= 11 is 1.63. The molecule has 2 saturated heterocycles. The van der Waals surface area contributed by atoms with Crippen molar-refractivity contribution in [3.63, 3.8) is 0 Å². The number of likely N-dealkylation sites (tertiary alicyclic amines) is 1. The molecule has 0 radical (unpaired) electrons. The van der Waals surface area contributed by atoms with Crippen molar-refractivity contribution in [3.05, 3.63) is 35.5 Å². The summed E-state index contributed by atoms with van der Waals surface area (Å²) in [6.45, 7) is 8.68. The van der Waals surface area contributed by atoms with Crippen LogP contribution in [0.5, 0.6) is 0 Å². The zero-order chi connectivity index (χ0) is 20.4. The van der Waals surface area contributed by atoms with Crippen LogP contribution in [0.15, 0.2) is 29.6 Å². The number of nitrogens with one attached hydrogen (secondary N) is 1. The third-order valence-electron chi connectivity index (χ3n) is 6.26. The summed E-state index contributed by atoms with van der Waals surface area (Å²) < 4.78 is 13.1. The number of anilines is 1. The van der Waals surface area contributed by atoms with Crippen molar-refractivity contribution in [1.29, 1.82) is 0 Å². The molecule has 0 unspecified atom stereocenters. The van der Waals surface area contributed by atoms with Gasteiger partial charge in [0.1, 0.15) is 5.82 Å². The zero-order valence-corrected chi connectivity index (χ0v) is 18.1. The van der Waals surface area contributed by atoms with Gasteiger partial charge < -0.3 is 14.7 Å². The van der Waals surface area contributed by atoms with Gasteiger partial charge in [0.15, 0.2) is 11.7 Å². The molecular weight excluding hydrogens is 387 g/mol. The maximum atomic E-state index is 13.1. The minimum Gasteiger partial charge on any atom is -0.337 e. The van der Waals surface area contributed by atoms with Crippen LogP contribution < -0.4 is 9.80 Å². The summed E-state index contributed by atoms with van der Waals surface area (Å²) in [6.07, 6.45) is 3.48. The average molecular weight is 418 g/mol. The first-order valence-electron chi connectivity index (χ1n) is 10.6. The van der Waals surface area contributed by atoms with E-state index in [0.29, 0.717) is 24.5 Å². The second-order valence-electron chi connectivity index (χ2n) is 8.37. The third-order valence-corrected chi connectivity index (χ3v) is 7.16. The molecule has 0 saturated carbocycles. The molecule has 7 heteroatoms. The van der Waals surface area contributed by atoms with Gasteiger partial charge in [-0.2, -0.15) is 0 Å². The number of carbonyl (C=O) groups is 1. The van der Waals surface area contributed by atoms with Crippen molar-refractivity contribution in [2.75, 3.05) is 37.6 Å². The lowest BCUT2D eigenvalue weighted by Crippen LogP contribution is -3.16. The first-order chi connectivity index (χ1) is 14.0. The number of carbonyl (C=O) groups excluding carboxylic acids is 1. The smallest absolute Gasteiger partial charge is 0.278 e. The highest BCUT2D eigenvalue weighted by Gasteiger charge is 2.32. The topological polar surface area (TPSA) is 40.9 Å². The number of nitrogens with zero attached hydrogens (tertiary/aromatic N) is 3. The van der Waals surface area contributed by atoms with E-state index >= 15 is 0 Å². The van der Waals surface area contributed by atoms with E-state index in [2.05, 4.69) is 23.6 Å². The molecule has 1 N–H and O–H groups in total. The van der Waals surface area contributed by atoms with Crippen LogP contribution in [0.25, 0.3) is 11.3 Å². The highest BCUT2D eigenvalue weighted by atomic mass is 32.1. The largest absolute Gasteiger partial charge is 0.337 e. The van der Waals surface area contributed by atoms with Gasteiger partial charge in [0.2, 0.25) is 0 Å². The van der Waals surface area contributed by atoms with Gasteiger partial charge in [0.25, 0.3) is 5.91 Å². The Morgan fingerprint density at radius 3 is 2.48 bits per heavy atom. The standard InChI is InChI=1S/C22H29FN4OS/c1-16-4-3-5-17(2)27(16)21(28)14-25-10-12-26(13-11-25)22-24-20(15-29-22)18-6-8-19(23)9-7-18/h6-9,15-17H,3-5,10-14H2,1-2H3/p+1/t16-,17-/m0/s1. The number of hydrogen-bond acceptors (Lipinski definition) is 4. The summed E-state index contributed by atoms with van der Waals surface area (Å²) in [5.74, 6) is 0.0761. The number of piperazine rings is 1. The first kappa shape index (κ1) is 20.3. The highest BCUT2D eigenvalue weighted by molar-refractivity contribution is 7.14. The SMILES string of the molecule is C[C@H]1CCC[C@H](C)N1C(=O)C[NH+]1CCN(c2nc(-c3ccc(F)cc3)cs2)CC1. The van der Waals surface area contributed by atoms with E-state index in [0.717, 1.165) is 55.4 Å². The van der Waals surface area contributed by atoms with E-state index in [9.17, 15) is 9.18 Å². The minimum absolute atomic E-state index is 0.230. The number of amides is 1. The molecule has 1 aromatic heterocycles. The van der Waals surface area contributed by atoms with E-state index in [-0.39, 0.29) is 5.82 Å². The van der Waals surface area contributed by atoms with Crippen molar-refractivity contribution in [1.82, 2.24) is 9.88 Å². The van der Waals surface area contributed by atoms with Crippen LogP contribution in [0, 0.1) is 5.82 Å². The van der Waals surface area contributed by atoms with Crippen LogP contribution in [-0.4, -0.2) is 60.6 Å². The molecule has 2 atom stereocenters. The Morgan fingerprint density at radius 1 is 1.17 bits per heavy atom. The Kier molecular flexibility index (Phi) is 6.15. The fourth-order valence-electron chi connectivity index (χ4n) is 4.57. The normalized spacial score (nSPS) is 23.4. The molecule has 0 bridgehead atoms. The van der Waals surface area contributed by atoms with Crippen LogP contribution in [0.1, 0.15) is 33.1 Å². The van der Waals surface area contributed by atoms with Crippen LogP contribution in [0.4, 0.5) is 9.52 Å². The van der Waals surface area contributed by atoms with Crippen LogP contribution >= 0.6 is 11.3 Å². The van der Waals surface area contributed by atoms with Gasteiger partial charge in [-0.15, -0.1) is 11.3 Å². The molecule has 3 heterocycles. The van der Waals surface area contributed by atoms with Crippen LogP contribution in [-0.2, 0) is 4.79 Å². The van der Waals surface area contributed by atoms with Crippen LogP contribution in [0.2, 0.25) is 0 Å². The number of quaternary nitrogens is 1. The number of rotatable bonds is 4. The van der Waals surface area contributed by atoms with Crippen molar-refractivity contribution >= 4 is 22.4 Å². The van der Waals surface area contributed by atoms with Gasteiger partial charge in [-0.1, -0.05) is 0 Å². The van der Waals surface area contributed by atoms with E-state index < -0.39 is 0 Å². The lowest BCUT2D eigenvalue weighted by molar-refractivity contribution is -0.892. The zero-order valence-electron chi connectivity index (χ0n) is 17.2. The molecule has 2 aliphatic heterocycles. The summed E-state index contributed by atoms with van der Waals surface area (Å²) in [5, 5.41) is 3.04. The number of benzene rings is 1. The van der Waals surface area contributed by atoms with E-state index in [1.165, 1.54) is 23.5 Å². The fraction of sp³-hybridized carbons (Fsp3) is 0.545. The van der Waals surface area contributed by atoms with Gasteiger partial charge in [-0.25, -0.2) is 9.37 Å². The molecule has 2 fully saturated rings. The van der Waals surface area contributed by atoms with Gasteiger partial charge in [-0.05, 0) is 57.4 Å². The van der Waals surface area contributed by atoms with Gasteiger partial charge in [0, 0.05) is 23.0 Å². The predicted molar refractivity (Wildman–Crippen MR) is 115 cm³/mol. The second-order valence-corrected chi connectivity index (χ2v) is 9.20. The maximum absolute atomic E-state index is 13.1. The van der Waals surface area contributed by atoms with E-state index in [1.807, 2.05) is 5.38 Å². The van der Waals surface area contributed by atoms with E-state index in [1.54, 1.807) is 23.5 Å². The Morgan fingerprint density at radius 2 is 1.83 bits per heavy atom. The Balaban J connectivity index is 1.31. The van der Waals surface area contributed by atoms with Crippen molar-refractivity contribution in [2.45, 2.75) is 45.2 Å². The summed E-state index contributed by atoms with van der Waals surface area (Å²) in [7, 11) is 0. The molecule has 0 aliphatic carbocycles. The quantitative estimate of drug-likeness (QED) is 0.831. The number of hydrogen-bond donors (Lipinski definition) is 1. The molecule has 1 amide bonds. The average Bonchev–Trinajstić information content (AvgIpc) is 3.19. The molecule has 1 aromatic carbocycles. The molecule has 156 valence electrons. The highest BCUT2D eigenvalue weighted by Crippen LogP contribution is 2.27. The van der Waals surface area contributed by atoms with Crippen LogP contribution in [0.3, 0.4) is 0 Å². The molecule has 2 aromatic rings. The first-order valence-corrected chi connectivity index (χ1v) is 11.5. The van der Waals surface area contributed by atoms with Crippen molar-refractivity contribution in [2.24, 2.45) is 0 Å². The molecule has 0 spiro atoms. The molecule has 29 heavy (non-hydrogen) atoms. The second kappa shape index (κ2) is 8.79. The monoisotopic (exact) mass is 417 g/mol. The summed E-state index contributed by atoms with van der Waals surface area (Å²) in [4.78, 5) is 23.4. The van der Waals surface area contributed by atoms with E-state index in [4.69, 9.17) is 4.98 Å². The van der Waals surface area contributed by atoms with Gasteiger partial charge >= 0.3 is 0 Å².